The minimum atomic E-state index is -1.02. The van der Waals surface area contributed by atoms with Crippen molar-refractivity contribution in [2.75, 3.05) is 7.05 Å². The number of pyridine rings is 1. The van der Waals surface area contributed by atoms with Crippen LogP contribution in [0.5, 0.6) is 0 Å². The lowest BCUT2D eigenvalue weighted by Crippen LogP contribution is -2.69. The molecule has 4 aliphatic rings. The van der Waals surface area contributed by atoms with E-state index in [0.29, 0.717) is 6.42 Å². The van der Waals surface area contributed by atoms with Crippen molar-refractivity contribution < 1.29 is 15.3 Å². The first kappa shape index (κ1) is 23.2. The molecular formula is C28H40N2O3. The van der Waals surface area contributed by atoms with Gasteiger partial charge in [-0.25, -0.2) is 0 Å². The van der Waals surface area contributed by atoms with E-state index in [1.54, 1.807) is 6.20 Å². The third kappa shape index (κ3) is 2.82. The van der Waals surface area contributed by atoms with Gasteiger partial charge in [-0.3, -0.25) is 9.98 Å². The van der Waals surface area contributed by atoms with Crippen LogP contribution in [-0.2, 0) is 5.60 Å². The van der Waals surface area contributed by atoms with Crippen molar-refractivity contribution in [3.8, 4) is 0 Å². The molecule has 9 atom stereocenters. The summed E-state index contributed by atoms with van der Waals surface area (Å²) in [5.41, 5.74) is 1.30. The molecule has 0 aromatic carbocycles. The maximum Gasteiger partial charge on any atom is 0.112 e. The summed E-state index contributed by atoms with van der Waals surface area (Å²) >= 11 is 0. The van der Waals surface area contributed by atoms with Crippen LogP contribution in [0.3, 0.4) is 0 Å². The van der Waals surface area contributed by atoms with E-state index in [9.17, 15) is 15.3 Å². The zero-order chi connectivity index (χ0) is 23.8. The van der Waals surface area contributed by atoms with Gasteiger partial charge in [-0.1, -0.05) is 32.4 Å². The Kier molecular flexibility index (Phi) is 5.25. The molecule has 3 fully saturated rings. The number of aromatic nitrogens is 1. The highest BCUT2D eigenvalue weighted by Gasteiger charge is 2.73. The molecule has 5 rings (SSSR count). The quantitative estimate of drug-likeness (QED) is 0.585. The van der Waals surface area contributed by atoms with Gasteiger partial charge in [0.2, 0.25) is 0 Å². The molecule has 0 unspecified atom stereocenters. The molecule has 5 nitrogen and oxygen atoms in total. The fraction of sp³-hybridized carbons (Fsp3) is 0.714. The summed E-state index contributed by atoms with van der Waals surface area (Å²) in [4.78, 5) is 8.88. The van der Waals surface area contributed by atoms with Crippen molar-refractivity contribution in [3.63, 3.8) is 0 Å². The molecule has 33 heavy (non-hydrogen) atoms. The van der Waals surface area contributed by atoms with E-state index in [0.717, 1.165) is 37.8 Å². The minimum absolute atomic E-state index is 0.0417. The zero-order valence-electron chi connectivity index (χ0n) is 20.8. The van der Waals surface area contributed by atoms with Gasteiger partial charge < -0.3 is 15.3 Å². The number of hydrogen-bond acceptors (Lipinski definition) is 5. The first-order valence-corrected chi connectivity index (χ1v) is 12.6. The molecule has 1 aromatic rings. The van der Waals surface area contributed by atoms with Gasteiger partial charge >= 0.3 is 0 Å². The molecule has 0 aliphatic heterocycles. The van der Waals surface area contributed by atoms with Crippen molar-refractivity contribution in [3.05, 3.63) is 41.2 Å². The monoisotopic (exact) mass is 452 g/mol. The Hall–Kier alpha value is -1.56. The Balaban J connectivity index is 1.60. The third-order valence-electron chi connectivity index (χ3n) is 11.0. The highest BCUT2D eigenvalue weighted by molar-refractivity contribution is 5.80. The molecule has 3 saturated carbocycles. The molecule has 180 valence electrons. The summed E-state index contributed by atoms with van der Waals surface area (Å²) in [6.45, 7) is 8.89. The smallest absolute Gasteiger partial charge is 0.112 e. The van der Waals surface area contributed by atoms with Crippen LogP contribution in [0.1, 0.15) is 71.9 Å². The van der Waals surface area contributed by atoms with Crippen LogP contribution in [0.2, 0.25) is 0 Å². The van der Waals surface area contributed by atoms with E-state index in [4.69, 9.17) is 0 Å². The molecule has 0 radical (unpaired) electrons. The summed E-state index contributed by atoms with van der Waals surface area (Å²) < 4.78 is 0. The van der Waals surface area contributed by atoms with Crippen LogP contribution in [0, 0.1) is 34.0 Å². The van der Waals surface area contributed by atoms with Crippen molar-refractivity contribution in [2.45, 2.75) is 84.0 Å². The number of hydrogen-bond donors (Lipinski definition) is 3. The van der Waals surface area contributed by atoms with Crippen molar-refractivity contribution in [1.29, 1.82) is 0 Å². The Labute approximate surface area is 198 Å². The molecular weight excluding hydrogens is 412 g/mol. The highest BCUT2D eigenvalue weighted by atomic mass is 16.3. The zero-order valence-corrected chi connectivity index (χ0v) is 20.8. The minimum Gasteiger partial charge on any atom is -0.390 e. The molecule has 0 amide bonds. The fourth-order valence-corrected chi connectivity index (χ4v) is 9.28. The van der Waals surface area contributed by atoms with Crippen molar-refractivity contribution in [1.82, 2.24) is 4.98 Å². The van der Waals surface area contributed by atoms with E-state index in [-0.39, 0.29) is 23.2 Å². The Morgan fingerprint density at radius 1 is 1.09 bits per heavy atom. The number of nitrogens with zero attached hydrogens (tertiary/aromatic N) is 2. The van der Waals surface area contributed by atoms with Gasteiger partial charge in [0.05, 0.1) is 17.9 Å². The van der Waals surface area contributed by atoms with Gasteiger partial charge in [-0.2, -0.15) is 0 Å². The van der Waals surface area contributed by atoms with E-state index >= 15 is 0 Å². The van der Waals surface area contributed by atoms with Crippen LogP contribution in [0.4, 0.5) is 0 Å². The fourth-order valence-electron chi connectivity index (χ4n) is 9.28. The van der Waals surface area contributed by atoms with Crippen LogP contribution < -0.4 is 0 Å². The van der Waals surface area contributed by atoms with E-state index in [1.165, 1.54) is 11.1 Å². The third-order valence-corrected chi connectivity index (χ3v) is 11.0. The van der Waals surface area contributed by atoms with Gasteiger partial charge in [0.1, 0.15) is 5.60 Å². The number of aliphatic hydroxyl groups excluding tert-OH is 2. The largest absolute Gasteiger partial charge is 0.390 e. The van der Waals surface area contributed by atoms with E-state index in [1.807, 2.05) is 31.5 Å². The van der Waals surface area contributed by atoms with Gasteiger partial charge in [0.15, 0.2) is 0 Å². The second-order valence-corrected chi connectivity index (χ2v) is 12.2. The van der Waals surface area contributed by atoms with E-state index in [2.05, 4.69) is 37.7 Å². The van der Waals surface area contributed by atoms with Crippen LogP contribution in [0.25, 0.3) is 0 Å². The lowest BCUT2D eigenvalue weighted by molar-refractivity contribution is -0.263. The first-order chi connectivity index (χ1) is 15.5. The summed E-state index contributed by atoms with van der Waals surface area (Å²) in [6.07, 6.45) is 7.19. The maximum absolute atomic E-state index is 12.1. The van der Waals surface area contributed by atoms with Crippen molar-refractivity contribution >= 4 is 6.21 Å². The summed E-state index contributed by atoms with van der Waals surface area (Å²) in [6, 6.07) is 5.77. The summed E-state index contributed by atoms with van der Waals surface area (Å²) in [5.74, 6) is 0.416. The van der Waals surface area contributed by atoms with Crippen molar-refractivity contribution in [2.24, 2.45) is 39.0 Å². The average Bonchev–Trinajstić information content (AvgIpc) is 3.08. The summed E-state index contributed by atoms with van der Waals surface area (Å²) in [5, 5.41) is 35.4. The van der Waals surface area contributed by atoms with Gasteiger partial charge in [0.25, 0.3) is 0 Å². The molecule has 1 aromatic heterocycles. The van der Waals surface area contributed by atoms with Gasteiger partial charge in [-0.05, 0) is 86.3 Å². The van der Waals surface area contributed by atoms with Crippen LogP contribution in [0.15, 0.2) is 40.5 Å². The van der Waals surface area contributed by atoms with Crippen LogP contribution in [-0.4, -0.2) is 45.8 Å². The Morgan fingerprint density at radius 3 is 2.48 bits per heavy atom. The molecule has 1 heterocycles. The molecule has 0 saturated heterocycles. The standard InChI is InChI=1S/C28H40N2O3/c1-17-14-19-23(31)24(32)27(4)20(25(19,2)15-18(17)16-29-5)9-11-26(3)21(27)10-12-28(26,33)22-8-6-7-13-30-22/h6-8,13,16,19-21,23-24,31-33H,9-12,14-15H2,1-5H3/t19-,20-,21-,23-,24+,25+,26+,27-,28-/m1/s1. The Morgan fingerprint density at radius 2 is 1.82 bits per heavy atom. The number of aliphatic hydroxyl groups is 3. The number of rotatable bonds is 2. The maximum atomic E-state index is 12.1. The first-order valence-electron chi connectivity index (χ1n) is 12.6. The molecule has 4 aliphatic carbocycles. The van der Waals surface area contributed by atoms with E-state index < -0.39 is 28.6 Å². The number of aliphatic imine (C=N–C) groups is 1. The van der Waals surface area contributed by atoms with Gasteiger partial charge in [-0.15, -0.1) is 0 Å². The lowest BCUT2D eigenvalue weighted by atomic mass is 9.37. The number of fused-ring (bicyclic) bond motifs is 5. The second kappa shape index (κ2) is 7.47. The second-order valence-electron chi connectivity index (χ2n) is 12.2. The normalized spacial score (nSPS) is 49.6. The molecule has 0 bridgehead atoms. The topological polar surface area (TPSA) is 85.9 Å². The predicted octanol–water partition coefficient (Wildman–Crippen LogP) is 4.27. The lowest BCUT2D eigenvalue weighted by Gasteiger charge is -2.68. The van der Waals surface area contributed by atoms with Gasteiger partial charge in [0, 0.05) is 30.3 Å². The predicted molar refractivity (Wildman–Crippen MR) is 130 cm³/mol. The molecule has 5 heteroatoms. The average molecular weight is 453 g/mol. The molecule has 0 spiro atoms. The highest BCUT2D eigenvalue weighted by Crippen LogP contribution is 2.74. The molecule has 3 N–H and O–H groups in total. The number of allylic oxidation sites excluding steroid dienone is 2. The van der Waals surface area contributed by atoms with Crippen LogP contribution >= 0.6 is 0 Å². The summed E-state index contributed by atoms with van der Waals surface area (Å²) in [7, 11) is 1.82. The Bertz CT molecular complexity index is 992. The SMILES string of the molecule is CN=CC1=C(C)C[C@@H]2[C@@H](O)[C@H](O)[C@]3(C)[C@H](CC[C@@]4(C)[C@H]3CC[C@@]4(O)c3ccccn3)[C@@]2(C)C1.